The summed E-state index contributed by atoms with van der Waals surface area (Å²) in [4.78, 5) is 0. The van der Waals surface area contributed by atoms with Gasteiger partial charge >= 0.3 is 0 Å². The van der Waals surface area contributed by atoms with Gasteiger partial charge in [-0.1, -0.05) is 0 Å². The molecule has 1 aliphatic carbocycles. The third-order valence-corrected chi connectivity index (χ3v) is 2.36. The molecule has 3 unspecified atom stereocenters. The van der Waals surface area contributed by atoms with Gasteiger partial charge in [-0.05, 0) is 0 Å². The molecule has 0 radical (unpaired) electrons. The highest BCUT2D eigenvalue weighted by atomic mass is 19.0. The first kappa shape index (κ1) is 9.82. The predicted octanol–water partition coefficient (Wildman–Crippen LogP) is -2.64. The largest absolute Gasteiger partial charge is 0.387 e. The van der Waals surface area contributed by atoms with Crippen molar-refractivity contribution in [2.45, 2.75) is 36.6 Å². The summed E-state index contributed by atoms with van der Waals surface area (Å²) in [6.45, 7) is 0. The SMILES string of the molecule is F.OC1[C@@H](O)C2O[C@@H](C2O)[C@H]1O. The molecule has 2 saturated heterocycles. The fourth-order valence-corrected chi connectivity index (χ4v) is 1.60. The van der Waals surface area contributed by atoms with Crippen LogP contribution in [0.5, 0.6) is 0 Å². The van der Waals surface area contributed by atoms with Gasteiger partial charge in [-0.25, -0.2) is 0 Å². The number of hydrogen-bond acceptors (Lipinski definition) is 5. The van der Waals surface area contributed by atoms with Crippen molar-refractivity contribution in [3.05, 3.63) is 0 Å². The van der Waals surface area contributed by atoms with Crippen LogP contribution in [0.1, 0.15) is 0 Å². The van der Waals surface area contributed by atoms with Gasteiger partial charge in [-0.15, -0.1) is 0 Å². The summed E-state index contributed by atoms with van der Waals surface area (Å²) >= 11 is 0. The Bertz CT molecular complexity index is 157. The van der Waals surface area contributed by atoms with Crippen LogP contribution >= 0.6 is 0 Å². The highest BCUT2D eigenvalue weighted by Gasteiger charge is 2.58. The first-order valence-corrected chi connectivity index (χ1v) is 3.50. The number of halogens is 1. The molecule has 0 aromatic rings. The zero-order valence-electron chi connectivity index (χ0n) is 6.07. The lowest BCUT2D eigenvalue weighted by Crippen LogP contribution is -2.74. The maximum absolute atomic E-state index is 9.13. The zero-order valence-corrected chi connectivity index (χ0v) is 6.07. The summed E-state index contributed by atoms with van der Waals surface area (Å²) in [5.74, 6) is 0. The Morgan fingerprint density at radius 1 is 0.667 bits per heavy atom. The fourth-order valence-electron chi connectivity index (χ4n) is 1.60. The Labute approximate surface area is 67.6 Å². The minimum Gasteiger partial charge on any atom is -0.387 e. The Morgan fingerprint density at radius 3 is 1.42 bits per heavy atom. The Morgan fingerprint density at radius 2 is 1.08 bits per heavy atom. The van der Waals surface area contributed by atoms with Crippen LogP contribution in [0.25, 0.3) is 0 Å². The van der Waals surface area contributed by atoms with Crippen LogP contribution in [0.15, 0.2) is 0 Å². The molecule has 3 fully saturated rings. The Kier molecular flexibility index (Phi) is 2.37. The number of rotatable bonds is 0. The van der Waals surface area contributed by atoms with Gasteiger partial charge < -0.3 is 25.2 Å². The molecule has 4 N–H and O–H groups in total. The van der Waals surface area contributed by atoms with Gasteiger partial charge in [0.2, 0.25) is 0 Å². The molecule has 2 aliphatic heterocycles. The molecule has 3 aliphatic rings. The van der Waals surface area contributed by atoms with E-state index in [9.17, 15) is 0 Å². The topological polar surface area (TPSA) is 90.2 Å². The van der Waals surface area contributed by atoms with Crippen LogP contribution in [-0.2, 0) is 4.74 Å². The summed E-state index contributed by atoms with van der Waals surface area (Å²) in [5, 5.41) is 36.5. The quantitative estimate of drug-likeness (QED) is 0.329. The lowest BCUT2D eigenvalue weighted by Gasteiger charge is -2.53. The summed E-state index contributed by atoms with van der Waals surface area (Å²) in [6, 6.07) is 0. The van der Waals surface area contributed by atoms with E-state index in [1.165, 1.54) is 0 Å². The first-order chi connectivity index (χ1) is 5.13. The summed E-state index contributed by atoms with van der Waals surface area (Å²) in [7, 11) is 0. The lowest BCUT2D eigenvalue weighted by molar-refractivity contribution is -0.339. The Balaban J connectivity index is 0.000000720. The predicted molar refractivity (Wildman–Crippen MR) is 35.2 cm³/mol. The van der Waals surface area contributed by atoms with Crippen molar-refractivity contribution in [3.8, 4) is 0 Å². The van der Waals surface area contributed by atoms with Crippen molar-refractivity contribution in [2.24, 2.45) is 0 Å². The average molecular weight is 182 g/mol. The van der Waals surface area contributed by atoms with Gasteiger partial charge in [-0.3, -0.25) is 4.70 Å². The monoisotopic (exact) mass is 182 g/mol. The number of fused-ring (bicyclic) bond motifs is 2. The molecule has 1 saturated carbocycles. The molecule has 0 spiro atoms. The van der Waals surface area contributed by atoms with E-state index in [0.717, 1.165) is 0 Å². The number of aliphatic hydroxyl groups excluding tert-OH is 4. The summed E-state index contributed by atoms with van der Waals surface area (Å²) < 4.78 is 4.87. The van der Waals surface area contributed by atoms with Crippen molar-refractivity contribution >= 4 is 0 Å². The smallest absolute Gasteiger partial charge is 0.115 e. The molecular weight excluding hydrogens is 171 g/mol. The molecule has 0 aromatic heterocycles. The number of ether oxygens (including phenoxy) is 1. The lowest BCUT2D eigenvalue weighted by atomic mass is 9.79. The van der Waals surface area contributed by atoms with Gasteiger partial charge in [0, 0.05) is 0 Å². The van der Waals surface area contributed by atoms with Crippen molar-refractivity contribution in [2.75, 3.05) is 0 Å². The van der Waals surface area contributed by atoms with Gasteiger partial charge in [-0.2, -0.15) is 0 Å². The Hall–Kier alpha value is -0.270. The minimum atomic E-state index is -1.19. The standard InChI is InChI=1S/C6H10O5.FH/c7-1-2(8)5-4(10)6(11-5)3(1)9;/h1-10H;1H/t1?,2-,3+,4?,5+,6?;/m0./s1. The zero-order chi connectivity index (χ0) is 8.17. The van der Waals surface area contributed by atoms with Crippen molar-refractivity contribution < 1.29 is 29.9 Å². The van der Waals surface area contributed by atoms with E-state index >= 15 is 0 Å². The average Bonchev–Trinajstić information content (AvgIpc) is 1.97. The highest BCUT2D eigenvalue weighted by molar-refractivity contribution is 5.07. The maximum Gasteiger partial charge on any atom is 0.115 e. The molecule has 2 heterocycles. The molecule has 3 rings (SSSR count). The molecule has 0 aromatic carbocycles. The third kappa shape index (κ3) is 0.964. The summed E-state index contributed by atoms with van der Waals surface area (Å²) in [6.07, 6.45) is -5.84. The molecular formula is C6H11FO5. The van der Waals surface area contributed by atoms with E-state index in [4.69, 9.17) is 25.2 Å². The molecule has 5 nitrogen and oxygen atoms in total. The summed E-state index contributed by atoms with van der Waals surface area (Å²) in [5.41, 5.74) is 0. The third-order valence-electron chi connectivity index (χ3n) is 2.36. The number of hydrogen-bond donors (Lipinski definition) is 4. The van der Waals surface area contributed by atoms with Gasteiger partial charge in [0.25, 0.3) is 0 Å². The first-order valence-electron chi connectivity index (χ1n) is 3.50. The molecule has 72 valence electrons. The molecule has 2 bridgehead atoms. The normalized spacial score (nSPS) is 57.0. The second-order valence-electron chi connectivity index (χ2n) is 3.03. The van der Waals surface area contributed by atoms with Crippen molar-refractivity contribution in [3.63, 3.8) is 0 Å². The van der Waals surface area contributed by atoms with Crippen LogP contribution in [0, 0.1) is 0 Å². The molecule has 12 heavy (non-hydrogen) atoms. The van der Waals surface area contributed by atoms with E-state index in [1.807, 2.05) is 0 Å². The van der Waals surface area contributed by atoms with E-state index in [0.29, 0.717) is 0 Å². The molecule has 0 amide bonds. The highest BCUT2D eigenvalue weighted by Crippen LogP contribution is 2.35. The van der Waals surface area contributed by atoms with Crippen LogP contribution in [0.2, 0.25) is 0 Å². The van der Waals surface area contributed by atoms with Crippen LogP contribution in [0.3, 0.4) is 0 Å². The maximum atomic E-state index is 9.13. The van der Waals surface area contributed by atoms with Gasteiger partial charge in [0.15, 0.2) is 0 Å². The minimum absolute atomic E-state index is 0. The fraction of sp³-hybridized carbons (Fsp3) is 1.00. The van der Waals surface area contributed by atoms with Crippen LogP contribution in [0.4, 0.5) is 4.70 Å². The van der Waals surface area contributed by atoms with Crippen molar-refractivity contribution in [1.29, 1.82) is 0 Å². The van der Waals surface area contributed by atoms with E-state index in [1.54, 1.807) is 0 Å². The van der Waals surface area contributed by atoms with Crippen LogP contribution in [-0.4, -0.2) is 57.0 Å². The van der Waals surface area contributed by atoms with E-state index in [2.05, 4.69) is 0 Å². The second kappa shape index (κ2) is 2.90. The van der Waals surface area contributed by atoms with Crippen molar-refractivity contribution in [1.82, 2.24) is 0 Å². The molecule has 6 atom stereocenters. The van der Waals surface area contributed by atoms with E-state index in [-0.39, 0.29) is 4.70 Å². The van der Waals surface area contributed by atoms with Crippen LogP contribution < -0.4 is 0 Å². The van der Waals surface area contributed by atoms with Gasteiger partial charge in [0.1, 0.15) is 36.6 Å². The second-order valence-corrected chi connectivity index (χ2v) is 3.03. The molecule has 6 heteroatoms. The van der Waals surface area contributed by atoms with Gasteiger partial charge in [0.05, 0.1) is 0 Å². The number of aliphatic hydroxyl groups is 4. The van der Waals surface area contributed by atoms with E-state index < -0.39 is 36.6 Å².